The Morgan fingerprint density at radius 2 is 2.03 bits per heavy atom. The number of aromatic nitrogens is 3. The van der Waals surface area contributed by atoms with Gasteiger partial charge in [0.25, 0.3) is 0 Å². The topological polar surface area (TPSA) is 96.5 Å². The second-order valence-electron chi connectivity index (χ2n) is 8.03. The molecule has 10 heteroatoms. The molecular weight excluding hydrogens is 521 g/mol. The van der Waals surface area contributed by atoms with Gasteiger partial charge < -0.3 is 15.5 Å². The number of nitrogens with zero attached hydrogens (tertiary/aromatic N) is 5. The molecule has 0 aliphatic carbocycles. The van der Waals surface area contributed by atoms with Crippen LogP contribution in [0, 0.1) is 0 Å². The van der Waals surface area contributed by atoms with Gasteiger partial charge in [0.15, 0.2) is 5.96 Å². The maximum Gasteiger partial charge on any atom is 0.345 e. The summed E-state index contributed by atoms with van der Waals surface area (Å²) in [4.78, 5) is 31.3. The molecule has 1 amide bonds. The van der Waals surface area contributed by atoms with Crippen LogP contribution in [0.1, 0.15) is 38.4 Å². The summed E-state index contributed by atoms with van der Waals surface area (Å²) in [5.74, 6) is 1.72. The Morgan fingerprint density at radius 1 is 1.22 bits per heavy atom. The van der Waals surface area contributed by atoms with Crippen LogP contribution in [0.25, 0.3) is 0 Å². The molecule has 4 rings (SSSR count). The van der Waals surface area contributed by atoms with Crippen LogP contribution in [0.2, 0.25) is 0 Å². The number of rotatable bonds is 7. The highest BCUT2D eigenvalue weighted by Crippen LogP contribution is 2.20. The van der Waals surface area contributed by atoms with Crippen LogP contribution < -0.4 is 21.2 Å². The van der Waals surface area contributed by atoms with Gasteiger partial charge in [0.2, 0.25) is 5.91 Å². The van der Waals surface area contributed by atoms with Gasteiger partial charge in [-0.2, -0.15) is 5.10 Å². The lowest BCUT2D eigenvalue weighted by atomic mass is 10.2. The minimum Gasteiger partial charge on any atom is -0.357 e. The lowest BCUT2D eigenvalue weighted by Crippen LogP contribution is -2.44. The van der Waals surface area contributed by atoms with E-state index in [1.807, 2.05) is 42.2 Å². The highest BCUT2D eigenvalue weighted by molar-refractivity contribution is 14.0. The van der Waals surface area contributed by atoms with E-state index in [0.29, 0.717) is 32.0 Å². The quantitative estimate of drug-likeness (QED) is 0.236. The van der Waals surface area contributed by atoms with Crippen molar-refractivity contribution in [3.8, 4) is 0 Å². The molecule has 2 aliphatic heterocycles. The number of benzene rings is 1. The van der Waals surface area contributed by atoms with E-state index in [1.165, 1.54) is 0 Å². The zero-order chi connectivity index (χ0) is 21.6. The average molecular weight is 553 g/mol. The average Bonchev–Trinajstić information content (AvgIpc) is 3.31. The maximum absolute atomic E-state index is 12.4. The summed E-state index contributed by atoms with van der Waals surface area (Å²) in [6, 6.07) is 9.74. The van der Waals surface area contributed by atoms with Crippen LogP contribution in [-0.2, 0) is 24.3 Å². The summed E-state index contributed by atoms with van der Waals surface area (Å²) in [7, 11) is 0. The van der Waals surface area contributed by atoms with Crippen LogP contribution in [0.5, 0.6) is 0 Å². The van der Waals surface area contributed by atoms with Gasteiger partial charge in [-0.15, -0.1) is 24.0 Å². The van der Waals surface area contributed by atoms with E-state index in [4.69, 9.17) is 0 Å². The summed E-state index contributed by atoms with van der Waals surface area (Å²) < 4.78 is 3.37. The summed E-state index contributed by atoms with van der Waals surface area (Å²) in [6.07, 6.45) is 4.20. The van der Waals surface area contributed by atoms with Crippen molar-refractivity contribution >= 4 is 41.5 Å². The standard InChI is InChI=1S/C22H31N7O2.HI/c1-2-23-21(25-17-15-20(30)28(16-17)18-9-4-3-5-10-18)24-12-8-14-29-22(31)27-13-7-6-11-19(27)26-29;/h3-5,9-10,17H,2,6-8,11-16H2,1H3,(H2,23,24,25);1H. The molecule has 0 saturated carbocycles. The lowest BCUT2D eigenvalue weighted by molar-refractivity contribution is -0.117. The predicted octanol–water partition coefficient (Wildman–Crippen LogP) is 1.75. The number of aryl methyl sites for hydroxylation is 2. The van der Waals surface area contributed by atoms with Gasteiger partial charge in [0.05, 0.1) is 6.04 Å². The first-order chi connectivity index (χ1) is 15.2. The third kappa shape index (κ3) is 5.70. The number of nitrogens with one attached hydrogen (secondary N) is 2. The van der Waals surface area contributed by atoms with Gasteiger partial charge >= 0.3 is 5.69 Å². The van der Waals surface area contributed by atoms with Crippen molar-refractivity contribution in [2.45, 2.75) is 58.2 Å². The Labute approximate surface area is 205 Å². The third-order valence-corrected chi connectivity index (χ3v) is 5.71. The Balaban J connectivity index is 0.00000289. The number of fused-ring (bicyclic) bond motifs is 1. The largest absolute Gasteiger partial charge is 0.357 e. The molecule has 9 nitrogen and oxygen atoms in total. The molecule has 1 fully saturated rings. The fraction of sp³-hybridized carbons (Fsp3) is 0.545. The number of aliphatic imine (C=N–C) groups is 1. The number of guanidine groups is 1. The number of hydrogen-bond acceptors (Lipinski definition) is 4. The van der Waals surface area contributed by atoms with Gasteiger partial charge in [0, 0.05) is 51.3 Å². The van der Waals surface area contributed by atoms with Crippen LogP contribution in [0.4, 0.5) is 5.69 Å². The number of carbonyl (C=O) groups is 1. The van der Waals surface area contributed by atoms with Crippen molar-refractivity contribution in [1.29, 1.82) is 0 Å². The Hall–Kier alpha value is -2.37. The second-order valence-corrected chi connectivity index (χ2v) is 8.03. The van der Waals surface area contributed by atoms with Crippen molar-refractivity contribution < 1.29 is 4.79 Å². The molecule has 1 aromatic carbocycles. The zero-order valence-electron chi connectivity index (χ0n) is 18.5. The van der Waals surface area contributed by atoms with Crippen molar-refractivity contribution in [3.63, 3.8) is 0 Å². The number of halogens is 1. The fourth-order valence-electron chi connectivity index (χ4n) is 4.18. The summed E-state index contributed by atoms with van der Waals surface area (Å²) in [5, 5.41) is 11.1. The van der Waals surface area contributed by atoms with E-state index in [-0.39, 0.29) is 41.6 Å². The van der Waals surface area contributed by atoms with Crippen molar-refractivity contribution in [1.82, 2.24) is 25.0 Å². The molecule has 1 saturated heterocycles. The van der Waals surface area contributed by atoms with Gasteiger partial charge in [-0.3, -0.25) is 14.4 Å². The first-order valence-electron chi connectivity index (χ1n) is 11.2. The molecule has 0 spiro atoms. The van der Waals surface area contributed by atoms with Crippen LogP contribution in [0.15, 0.2) is 40.1 Å². The maximum atomic E-state index is 12.4. The minimum atomic E-state index is -0.00539. The first-order valence-corrected chi connectivity index (χ1v) is 11.2. The van der Waals surface area contributed by atoms with Gasteiger partial charge in [-0.25, -0.2) is 9.48 Å². The molecule has 0 bridgehead atoms. The molecule has 1 aromatic heterocycles. The number of amides is 1. The highest BCUT2D eigenvalue weighted by atomic mass is 127. The summed E-state index contributed by atoms with van der Waals surface area (Å²) in [5.41, 5.74) is 0.918. The summed E-state index contributed by atoms with van der Waals surface area (Å²) in [6.45, 7) is 5.28. The molecule has 1 unspecified atom stereocenters. The molecule has 2 N–H and O–H groups in total. The number of carbonyl (C=O) groups excluding carboxylic acids is 1. The van der Waals surface area contributed by atoms with Crippen LogP contribution >= 0.6 is 24.0 Å². The number of anilines is 1. The summed E-state index contributed by atoms with van der Waals surface area (Å²) >= 11 is 0. The third-order valence-electron chi connectivity index (χ3n) is 5.71. The van der Waals surface area contributed by atoms with E-state index in [9.17, 15) is 9.59 Å². The molecule has 2 aliphatic rings. The molecule has 1 atom stereocenters. The lowest BCUT2D eigenvalue weighted by Gasteiger charge is -2.19. The Bertz CT molecular complexity index is 986. The molecule has 174 valence electrons. The van der Waals surface area contributed by atoms with E-state index in [2.05, 4.69) is 20.7 Å². The number of para-hydroxylation sites is 1. The van der Waals surface area contributed by atoms with Crippen molar-refractivity contribution in [3.05, 3.63) is 46.6 Å². The predicted molar refractivity (Wildman–Crippen MR) is 136 cm³/mol. The van der Waals surface area contributed by atoms with E-state index in [1.54, 1.807) is 9.25 Å². The molecular formula is C22H32IN7O2. The normalized spacial score (nSPS) is 18.3. The second kappa shape index (κ2) is 11.5. The van der Waals surface area contributed by atoms with Crippen molar-refractivity contribution in [2.75, 3.05) is 24.5 Å². The molecule has 3 heterocycles. The van der Waals surface area contributed by atoms with Gasteiger partial charge in [-0.05, 0) is 38.3 Å². The minimum absolute atomic E-state index is 0. The van der Waals surface area contributed by atoms with Gasteiger partial charge in [0.1, 0.15) is 5.82 Å². The Kier molecular flexibility index (Phi) is 8.71. The van der Waals surface area contributed by atoms with Crippen molar-refractivity contribution in [2.24, 2.45) is 4.99 Å². The van der Waals surface area contributed by atoms with Crippen LogP contribution in [-0.4, -0.2) is 51.9 Å². The van der Waals surface area contributed by atoms with E-state index >= 15 is 0 Å². The Morgan fingerprint density at radius 3 is 2.78 bits per heavy atom. The first kappa shape index (κ1) is 24.3. The van der Waals surface area contributed by atoms with E-state index < -0.39 is 0 Å². The van der Waals surface area contributed by atoms with Crippen LogP contribution in [0.3, 0.4) is 0 Å². The smallest absolute Gasteiger partial charge is 0.345 e. The van der Waals surface area contributed by atoms with E-state index in [0.717, 1.165) is 50.3 Å². The zero-order valence-corrected chi connectivity index (χ0v) is 20.8. The monoisotopic (exact) mass is 553 g/mol. The SMILES string of the molecule is CCNC(=NCCCn1nc2n(c1=O)CCCC2)NC1CC(=O)N(c2ccccc2)C1.I. The number of hydrogen-bond donors (Lipinski definition) is 2. The fourth-order valence-corrected chi connectivity index (χ4v) is 4.18. The molecule has 32 heavy (non-hydrogen) atoms. The molecule has 0 radical (unpaired) electrons. The highest BCUT2D eigenvalue weighted by Gasteiger charge is 2.31. The molecule has 2 aromatic rings. The van der Waals surface area contributed by atoms with Gasteiger partial charge in [-0.1, -0.05) is 18.2 Å².